The van der Waals surface area contributed by atoms with Gasteiger partial charge in [0.05, 0.1) is 5.69 Å². The molecule has 22 heavy (non-hydrogen) atoms. The molecule has 0 saturated carbocycles. The van der Waals surface area contributed by atoms with Gasteiger partial charge in [-0.25, -0.2) is 0 Å². The van der Waals surface area contributed by atoms with Crippen molar-refractivity contribution in [3.05, 3.63) is 18.2 Å². The molecule has 0 aromatic heterocycles. The third-order valence-corrected chi connectivity index (χ3v) is 4.32. The summed E-state index contributed by atoms with van der Waals surface area (Å²) in [6.07, 6.45) is 2.01. The predicted octanol–water partition coefficient (Wildman–Crippen LogP) is 1.38. The van der Waals surface area contributed by atoms with Gasteiger partial charge in [0, 0.05) is 19.2 Å². The molecule has 2 amide bonds. The molecule has 0 atom stereocenters. The van der Waals surface area contributed by atoms with Gasteiger partial charge >= 0.3 is 0 Å². The highest BCUT2D eigenvalue weighted by molar-refractivity contribution is 6.02. The van der Waals surface area contributed by atoms with Gasteiger partial charge < -0.3 is 14.7 Å². The van der Waals surface area contributed by atoms with Gasteiger partial charge in [-0.05, 0) is 30.9 Å². The van der Waals surface area contributed by atoms with Crippen LogP contribution in [-0.4, -0.2) is 48.1 Å². The van der Waals surface area contributed by atoms with Crippen molar-refractivity contribution in [1.29, 1.82) is 0 Å². The lowest BCUT2D eigenvalue weighted by Gasteiger charge is -2.34. The number of ether oxygens (including phenoxy) is 1. The minimum atomic E-state index is -0.239. The molecule has 0 aliphatic carbocycles. The molecule has 2 aliphatic heterocycles. The van der Waals surface area contributed by atoms with E-state index >= 15 is 0 Å². The summed E-state index contributed by atoms with van der Waals surface area (Å²) in [6, 6.07) is 4.55. The Labute approximate surface area is 129 Å². The molecule has 6 nitrogen and oxygen atoms in total. The second-order valence-corrected chi connectivity index (χ2v) is 5.98. The van der Waals surface area contributed by atoms with E-state index in [4.69, 9.17) is 4.74 Å². The molecule has 1 saturated heterocycles. The second-order valence-electron chi connectivity index (χ2n) is 5.98. The van der Waals surface area contributed by atoms with Crippen LogP contribution in [0.15, 0.2) is 18.2 Å². The molecule has 1 N–H and O–H groups in total. The van der Waals surface area contributed by atoms with Crippen LogP contribution in [0.1, 0.15) is 19.8 Å². The van der Waals surface area contributed by atoms with E-state index in [9.17, 15) is 14.7 Å². The number of aromatic hydroxyl groups is 1. The number of anilines is 1. The van der Waals surface area contributed by atoms with Gasteiger partial charge in [-0.15, -0.1) is 0 Å². The number of rotatable bonds is 2. The van der Waals surface area contributed by atoms with Crippen molar-refractivity contribution >= 4 is 17.5 Å². The number of benzene rings is 1. The molecule has 3 rings (SSSR count). The Kier molecular flexibility index (Phi) is 3.92. The van der Waals surface area contributed by atoms with Gasteiger partial charge in [-0.2, -0.15) is 0 Å². The van der Waals surface area contributed by atoms with E-state index in [-0.39, 0.29) is 30.7 Å². The highest BCUT2D eigenvalue weighted by Gasteiger charge is 2.30. The Balaban J connectivity index is 1.74. The molecule has 0 bridgehead atoms. The number of hydrogen-bond acceptors (Lipinski definition) is 4. The molecule has 2 heterocycles. The first-order chi connectivity index (χ1) is 10.5. The van der Waals surface area contributed by atoms with Crippen molar-refractivity contribution in [2.75, 3.05) is 31.1 Å². The number of piperidine rings is 1. The van der Waals surface area contributed by atoms with Gasteiger partial charge in [-0.1, -0.05) is 6.92 Å². The van der Waals surface area contributed by atoms with E-state index in [1.807, 2.05) is 4.90 Å². The minimum absolute atomic E-state index is 0.0222. The zero-order valence-corrected chi connectivity index (χ0v) is 12.6. The number of phenolic OH excluding ortho intramolecular Hbond substituents is 1. The summed E-state index contributed by atoms with van der Waals surface area (Å²) in [7, 11) is 0. The fraction of sp³-hybridized carbons (Fsp3) is 0.500. The van der Waals surface area contributed by atoms with E-state index < -0.39 is 0 Å². The molecular formula is C16H20N2O4. The first kappa shape index (κ1) is 14.7. The van der Waals surface area contributed by atoms with Crippen molar-refractivity contribution < 1.29 is 19.4 Å². The number of hydrogen-bond donors (Lipinski definition) is 1. The van der Waals surface area contributed by atoms with Crippen LogP contribution >= 0.6 is 0 Å². The fourth-order valence-corrected chi connectivity index (χ4v) is 2.86. The number of carbonyl (C=O) groups is 2. The Bertz CT molecular complexity index is 594. The summed E-state index contributed by atoms with van der Waals surface area (Å²) in [5, 5.41) is 9.49. The Hall–Kier alpha value is -2.24. The third kappa shape index (κ3) is 2.86. The van der Waals surface area contributed by atoms with Gasteiger partial charge in [0.25, 0.3) is 5.91 Å². The van der Waals surface area contributed by atoms with Gasteiger partial charge in [-0.3, -0.25) is 14.5 Å². The summed E-state index contributed by atoms with van der Waals surface area (Å²) in [5.74, 6) is 0.875. The number of carbonyl (C=O) groups excluding carboxylic acids is 2. The number of fused-ring (bicyclic) bond motifs is 1. The van der Waals surface area contributed by atoms with E-state index in [2.05, 4.69) is 6.92 Å². The van der Waals surface area contributed by atoms with Gasteiger partial charge in [0.15, 0.2) is 6.61 Å². The molecule has 0 spiro atoms. The van der Waals surface area contributed by atoms with Crippen LogP contribution in [0.25, 0.3) is 0 Å². The molecule has 1 aromatic carbocycles. The van der Waals surface area contributed by atoms with Crippen LogP contribution in [0.2, 0.25) is 0 Å². The van der Waals surface area contributed by atoms with E-state index in [1.54, 1.807) is 6.07 Å². The average Bonchev–Trinajstić information content (AvgIpc) is 2.50. The van der Waals surface area contributed by atoms with Crippen LogP contribution < -0.4 is 9.64 Å². The second kappa shape index (κ2) is 5.87. The van der Waals surface area contributed by atoms with Crippen molar-refractivity contribution in [3.8, 4) is 11.5 Å². The largest absolute Gasteiger partial charge is 0.508 e. The number of nitrogens with zero attached hydrogens (tertiary/aromatic N) is 2. The molecule has 6 heteroatoms. The van der Waals surface area contributed by atoms with Crippen molar-refractivity contribution in [1.82, 2.24) is 4.90 Å². The van der Waals surface area contributed by atoms with Crippen molar-refractivity contribution in [2.45, 2.75) is 19.8 Å². The summed E-state index contributed by atoms with van der Waals surface area (Å²) >= 11 is 0. The van der Waals surface area contributed by atoms with E-state index in [0.29, 0.717) is 17.4 Å². The maximum atomic E-state index is 12.4. The number of likely N-dealkylation sites (tertiary alicyclic amines) is 1. The first-order valence-corrected chi connectivity index (χ1v) is 7.58. The molecule has 1 aromatic rings. The lowest BCUT2D eigenvalue weighted by atomic mass is 9.99. The molecule has 1 fully saturated rings. The molecule has 0 radical (unpaired) electrons. The van der Waals surface area contributed by atoms with E-state index in [1.165, 1.54) is 17.0 Å². The SMILES string of the molecule is CC1CCN(C(=O)CN2C(=O)COc3cc(O)ccc32)CC1. The highest BCUT2D eigenvalue weighted by atomic mass is 16.5. The Morgan fingerprint density at radius 2 is 2.09 bits per heavy atom. The maximum Gasteiger partial charge on any atom is 0.265 e. The third-order valence-electron chi connectivity index (χ3n) is 4.32. The topological polar surface area (TPSA) is 70.1 Å². The summed E-state index contributed by atoms with van der Waals surface area (Å²) in [5.41, 5.74) is 0.535. The van der Waals surface area contributed by atoms with Crippen LogP contribution in [0, 0.1) is 5.92 Å². The molecule has 2 aliphatic rings. The van der Waals surface area contributed by atoms with Crippen LogP contribution in [0.5, 0.6) is 11.5 Å². The van der Waals surface area contributed by atoms with Crippen LogP contribution in [0.3, 0.4) is 0 Å². The quantitative estimate of drug-likeness (QED) is 0.896. The zero-order valence-electron chi connectivity index (χ0n) is 12.6. The van der Waals surface area contributed by atoms with E-state index in [0.717, 1.165) is 25.9 Å². The standard InChI is InChI=1S/C16H20N2O4/c1-11-4-6-17(7-5-11)15(20)9-18-13-3-2-12(19)8-14(13)22-10-16(18)21/h2-3,8,11,19H,4-7,9-10H2,1H3. The number of amides is 2. The minimum Gasteiger partial charge on any atom is -0.508 e. The monoisotopic (exact) mass is 304 g/mol. The van der Waals surface area contributed by atoms with Crippen LogP contribution in [-0.2, 0) is 9.59 Å². The maximum absolute atomic E-state index is 12.4. The van der Waals surface area contributed by atoms with Crippen molar-refractivity contribution in [3.63, 3.8) is 0 Å². The lowest BCUT2D eigenvalue weighted by Crippen LogP contribution is -2.48. The molecule has 0 unspecified atom stereocenters. The lowest BCUT2D eigenvalue weighted by molar-refractivity contribution is -0.133. The molecule has 118 valence electrons. The van der Waals surface area contributed by atoms with Crippen LogP contribution in [0.4, 0.5) is 5.69 Å². The van der Waals surface area contributed by atoms with Crippen molar-refractivity contribution in [2.24, 2.45) is 5.92 Å². The summed E-state index contributed by atoms with van der Waals surface area (Å²) < 4.78 is 5.31. The zero-order chi connectivity index (χ0) is 15.7. The first-order valence-electron chi connectivity index (χ1n) is 7.58. The fourth-order valence-electron chi connectivity index (χ4n) is 2.86. The average molecular weight is 304 g/mol. The Morgan fingerprint density at radius 3 is 2.82 bits per heavy atom. The number of phenols is 1. The summed E-state index contributed by atoms with van der Waals surface area (Å²) in [4.78, 5) is 27.8. The Morgan fingerprint density at radius 1 is 1.36 bits per heavy atom. The van der Waals surface area contributed by atoms with Gasteiger partial charge in [0.2, 0.25) is 5.91 Å². The smallest absolute Gasteiger partial charge is 0.265 e. The normalized spacial score (nSPS) is 18.9. The summed E-state index contributed by atoms with van der Waals surface area (Å²) in [6.45, 7) is 3.60. The predicted molar refractivity (Wildman–Crippen MR) is 80.9 cm³/mol. The molecular weight excluding hydrogens is 284 g/mol. The van der Waals surface area contributed by atoms with Gasteiger partial charge in [0.1, 0.15) is 18.0 Å². The highest BCUT2D eigenvalue weighted by Crippen LogP contribution is 2.34.